The number of nitrogens with one attached hydrogen (secondary N) is 1. The molecule has 176 valence electrons. The average Bonchev–Trinajstić information content (AvgIpc) is 3.54. The summed E-state index contributed by atoms with van der Waals surface area (Å²) >= 11 is 1.71. The molecule has 1 saturated heterocycles. The molecule has 6 nitrogen and oxygen atoms in total. The molecule has 7 heteroatoms. The zero-order valence-corrected chi connectivity index (χ0v) is 19.8. The number of rotatable bonds is 5. The second-order valence-corrected chi connectivity index (χ2v) is 10.4. The molecule has 0 saturated carbocycles. The Morgan fingerprint density at radius 2 is 1.88 bits per heavy atom. The molecule has 2 aromatic carbocycles. The van der Waals surface area contributed by atoms with Crippen molar-refractivity contribution in [1.82, 2.24) is 10.3 Å². The second-order valence-electron chi connectivity index (χ2n) is 9.35. The Bertz CT molecular complexity index is 1200. The molecule has 3 aromatic rings. The van der Waals surface area contributed by atoms with Gasteiger partial charge in [-0.3, -0.25) is 4.79 Å². The Labute approximate surface area is 202 Å². The van der Waals surface area contributed by atoms with Gasteiger partial charge >= 0.3 is 0 Å². The van der Waals surface area contributed by atoms with Crippen LogP contribution < -0.4 is 14.8 Å². The van der Waals surface area contributed by atoms with Crippen LogP contribution in [0.15, 0.2) is 54.6 Å². The number of thiazole rings is 1. The summed E-state index contributed by atoms with van der Waals surface area (Å²) < 4.78 is 18.0. The van der Waals surface area contributed by atoms with E-state index < -0.39 is 0 Å². The molecular weight excluding hydrogens is 448 g/mol. The first-order valence-electron chi connectivity index (χ1n) is 12.0. The molecule has 2 atom stereocenters. The number of carbonyl (C=O) groups excluding carboxylic acids is 1. The van der Waals surface area contributed by atoms with Gasteiger partial charge < -0.3 is 19.5 Å². The van der Waals surface area contributed by atoms with Crippen molar-refractivity contribution in [3.05, 3.63) is 65.2 Å². The zero-order valence-electron chi connectivity index (χ0n) is 19.0. The summed E-state index contributed by atoms with van der Waals surface area (Å²) in [4.78, 5) is 18.4. The van der Waals surface area contributed by atoms with Crippen molar-refractivity contribution < 1.29 is 19.0 Å². The third-order valence-electron chi connectivity index (χ3n) is 7.43. The lowest BCUT2D eigenvalue weighted by atomic mass is 9.73. The topological polar surface area (TPSA) is 69.7 Å². The van der Waals surface area contributed by atoms with Crippen LogP contribution >= 0.6 is 11.3 Å². The van der Waals surface area contributed by atoms with E-state index >= 15 is 0 Å². The number of carbonyl (C=O) groups is 1. The summed E-state index contributed by atoms with van der Waals surface area (Å²) in [6.07, 6.45) is 7.63. The minimum atomic E-state index is -0.176. The summed E-state index contributed by atoms with van der Waals surface area (Å²) in [6, 6.07) is 14.4. The van der Waals surface area contributed by atoms with E-state index in [0.29, 0.717) is 19.8 Å². The molecule has 6 rings (SSSR count). The number of fused-ring (bicyclic) bond motifs is 2. The van der Waals surface area contributed by atoms with Crippen LogP contribution in [0.3, 0.4) is 0 Å². The minimum absolute atomic E-state index is 0.110. The number of allylic oxidation sites excluding steroid dienone is 2. The van der Waals surface area contributed by atoms with E-state index in [2.05, 4.69) is 35.7 Å². The van der Waals surface area contributed by atoms with Crippen molar-refractivity contribution in [2.75, 3.05) is 26.6 Å². The number of amides is 1. The number of hydrogen-bond donors (Lipinski definition) is 1. The molecular formula is C27H28N2O4S. The molecule has 1 N–H and O–H groups in total. The van der Waals surface area contributed by atoms with Crippen molar-refractivity contribution >= 4 is 27.5 Å². The Hall–Kier alpha value is -2.90. The van der Waals surface area contributed by atoms with Crippen molar-refractivity contribution in [2.45, 2.75) is 37.0 Å². The molecule has 34 heavy (non-hydrogen) atoms. The van der Waals surface area contributed by atoms with E-state index in [1.54, 1.807) is 11.3 Å². The predicted octanol–water partition coefficient (Wildman–Crippen LogP) is 4.94. The average molecular weight is 477 g/mol. The number of para-hydroxylation sites is 1. The van der Waals surface area contributed by atoms with Gasteiger partial charge in [-0.1, -0.05) is 30.4 Å². The smallest absolute Gasteiger partial charge is 0.231 e. The van der Waals surface area contributed by atoms with Gasteiger partial charge in [0.2, 0.25) is 12.7 Å². The highest BCUT2D eigenvalue weighted by Gasteiger charge is 2.38. The molecule has 2 aliphatic heterocycles. The molecule has 0 spiro atoms. The van der Waals surface area contributed by atoms with Crippen LogP contribution in [0.5, 0.6) is 11.5 Å². The third-order valence-corrected chi connectivity index (χ3v) is 8.60. The maximum atomic E-state index is 13.6. The van der Waals surface area contributed by atoms with E-state index in [-0.39, 0.29) is 30.0 Å². The zero-order chi connectivity index (χ0) is 23.0. The molecule has 0 radical (unpaired) electrons. The highest BCUT2D eigenvalue weighted by molar-refractivity contribution is 7.18. The van der Waals surface area contributed by atoms with Crippen LogP contribution in [0.25, 0.3) is 10.2 Å². The molecule has 1 fully saturated rings. The number of aromatic nitrogens is 1. The fraction of sp³-hybridized carbons (Fsp3) is 0.407. The van der Waals surface area contributed by atoms with Gasteiger partial charge in [0, 0.05) is 31.1 Å². The van der Waals surface area contributed by atoms with Crippen LogP contribution in [-0.2, 0) is 14.9 Å². The molecule has 3 aliphatic rings. The lowest BCUT2D eigenvalue weighted by Crippen LogP contribution is -2.46. The van der Waals surface area contributed by atoms with Crippen molar-refractivity contribution in [1.29, 1.82) is 0 Å². The molecule has 1 aliphatic carbocycles. The van der Waals surface area contributed by atoms with Crippen molar-refractivity contribution in [3.8, 4) is 11.5 Å². The van der Waals surface area contributed by atoms with Crippen LogP contribution in [0, 0.1) is 5.92 Å². The molecule has 3 heterocycles. The summed E-state index contributed by atoms with van der Waals surface area (Å²) in [5, 5.41) is 4.40. The highest BCUT2D eigenvalue weighted by atomic mass is 32.1. The molecule has 2 unspecified atom stereocenters. The van der Waals surface area contributed by atoms with Gasteiger partial charge in [-0.15, -0.1) is 11.3 Å². The first kappa shape index (κ1) is 21.6. The lowest BCUT2D eigenvalue weighted by Gasteiger charge is -2.38. The van der Waals surface area contributed by atoms with Crippen LogP contribution in [-0.4, -0.2) is 37.4 Å². The molecule has 0 bridgehead atoms. The molecule has 1 aromatic heterocycles. The SMILES string of the molecule is O=C(NCC1(c2ccc3c(c2)OCO3)CCOCC1)C1CC=CCC1c1nc2ccccc2s1. The standard InChI is InChI=1S/C27H28N2O4S/c30-25(19-5-1-2-6-20(19)26-29-21-7-3-4-8-24(21)34-26)28-16-27(11-13-31-14-12-27)18-9-10-22-23(15-18)33-17-32-22/h1-4,7-10,15,19-20H,5-6,11-14,16-17H2,(H,28,30). The fourth-order valence-electron chi connectivity index (χ4n) is 5.37. The Morgan fingerprint density at radius 1 is 1.06 bits per heavy atom. The first-order chi connectivity index (χ1) is 16.7. The van der Waals surface area contributed by atoms with E-state index in [1.807, 2.05) is 24.3 Å². The maximum Gasteiger partial charge on any atom is 0.231 e. The van der Waals surface area contributed by atoms with Crippen LogP contribution in [0.2, 0.25) is 0 Å². The second kappa shape index (κ2) is 9.04. The Balaban J connectivity index is 1.22. The Kier molecular flexibility index (Phi) is 5.75. The van der Waals surface area contributed by atoms with E-state index in [0.717, 1.165) is 47.7 Å². The number of nitrogens with zero attached hydrogens (tertiary/aromatic N) is 1. The summed E-state index contributed by atoms with van der Waals surface area (Å²) in [7, 11) is 0. The van der Waals surface area contributed by atoms with Gasteiger partial charge in [-0.2, -0.15) is 0 Å². The van der Waals surface area contributed by atoms with Gasteiger partial charge in [-0.05, 0) is 55.5 Å². The number of ether oxygens (including phenoxy) is 3. The Morgan fingerprint density at radius 3 is 2.76 bits per heavy atom. The number of benzene rings is 2. The summed E-state index contributed by atoms with van der Waals surface area (Å²) in [5.41, 5.74) is 2.01. The maximum absolute atomic E-state index is 13.6. The van der Waals surface area contributed by atoms with Crippen LogP contribution in [0.1, 0.15) is 42.2 Å². The fourth-order valence-corrected chi connectivity index (χ4v) is 6.52. The molecule has 1 amide bonds. The predicted molar refractivity (Wildman–Crippen MR) is 132 cm³/mol. The van der Waals surface area contributed by atoms with Gasteiger partial charge in [0.25, 0.3) is 0 Å². The van der Waals surface area contributed by atoms with E-state index in [4.69, 9.17) is 19.2 Å². The highest BCUT2D eigenvalue weighted by Crippen LogP contribution is 2.42. The largest absolute Gasteiger partial charge is 0.454 e. The third kappa shape index (κ3) is 3.97. The minimum Gasteiger partial charge on any atom is -0.454 e. The van der Waals surface area contributed by atoms with E-state index in [9.17, 15) is 4.79 Å². The first-order valence-corrected chi connectivity index (χ1v) is 12.8. The van der Waals surface area contributed by atoms with Crippen molar-refractivity contribution in [3.63, 3.8) is 0 Å². The van der Waals surface area contributed by atoms with Gasteiger partial charge in [0.15, 0.2) is 11.5 Å². The number of hydrogen-bond acceptors (Lipinski definition) is 6. The summed E-state index contributed by atoms with van der Waals surface area (Å²) in [6.45, 7) is 2.21. The normalized spacial score (nSPS) is 23.2. The van der Waals surface area contributed by atoms with Gasteiger partial charge in [0.1, 0.15) is 0 Å². The van der Waals surface area contributed by atoms with Gasteiger partial charge in [0.05, 0.1) is 21.1 Å². The monoisotopic (exact) mass is 476 g/mol. The van der Waals surface area contributed by atoms with Crippen LogP contribution in [0.4, 0.5) is 0 Å². The lowest BCUT2D eigenvalue weighted by molar-refractivity contribution is -0.126. The van der Waals surface area contributed by atoms with Crippen molar-refractivity contribution in [2.24, 2.45) is 5.92 Å². The summed E-state index contributed by atoms with van der Waals surface area (Å²) in [5.74, 6) is 1.67. The van der Waals surface area contributed by atoms with Gasteiger partial charge in [-0.25, -0.2) is 4.98 Å². The quantitative estimate of drug-likeness (QED) is 0.528. The van der Waals surface area contributed by atoms with E-state index in [1.165, 1.54) is 10.3 Å².